The van der Waals surface area contributed by atoms with Crippen molar-refractivity contribution in [3.8, 4) is 0 Å². The smallest absolute Gasteiger partial charge is 0.358 e. The Morgan fingerprint density at radius 3 is 2.89 bits per heavy atom. The van der Waals surface area contributed by atoms with E-state index in [1.165, 1.54) is 6.39 Å². The fraction of sp³-hybridized carbons (Fsp3) is 0.455. The van der Waals surface area contributed by atoms with Gasteiger partial charge >= 0.3 is 5.97 Å². The molecule has 0 fully saturated rings. The summed E-state index contributed by atoms with van der Waals surface area (Å²) in [7, 11) is 0. The quantitative estimate of drug-likeness (QED) is 0.858. The van der Waals surface area contributed by atoms with Gasteiger partial charge in [0.2, 0.25) is 0 Å². The molecule has 0 aromatic carbocycles. The molecule has 0 unspecified atom stereocenters. The van der Waals surface area contributed by atoms with Crippen molar-refractivity contribution in [2.45, 2.75) is 33.2 Å². The predicted octanol–water partition coefficient (Wildman–Crippen LogP) is 1.27. The molecule has 1 N–H and O–H groups in total. The lowest BCUT2D eigenvalue weighted by Gasteiger charge is -2.04. The van der Waals surface area contributed by atoms with Crippen LogP contribution in [0.3, 0.4) is 0 Å². The molecule has 2 heterocycles. The molecule has 2 rings (SSSR count). The third-order valence-electron chi connectivity index (χ3n) is 2.67. The van der Waals surface area contributed by atoms with Crippen molar-refractivity contribution < 1.29 is 14.3 Å². The molecule has 0 aliphatic heterocycles. The maximum atomic E-state index is 11.0. The minimum atomic E-state index is -1.05. The lowest BCUT2D eigenvalue weighted by Crippen LogP contribution is -2.10. The van der Waals surface area contributed by atoms with E-state index in [0.717, 1.165) is 12.1 Å². The van der Waals surface area contributed by atoms with Crippen molar-refractivity contribution in [3.63, 3.8) is 0 Å². The van der Waals surface area contributed by atoms with Crippen molar-refractivity contribution in [3.05, 3.63) is 29.2 Å². The molecule has 0 saturated heterocycles. The van der Waals surface area contributed by atoms with Gasteiger partial charge in [0.15, 0.2) is 12.1 Å². The van der Waals surface area contributed by atoms with Gasteiger partial charge in [-0.05, 0) is 13.3 Å². The highest BCUT2D eigenvalue weighted by molar-refractivity contribution is 5.86. The Morgan fingerprint density at radius 1 is 1.56 bits per heavy atom. The second kappa shape index (κ2) is 4.99. The van der Waals surface area contributed by atoms with E-state index in [1.807, 2.05) is 6.92 Å². The van der Waals surface area contributed by atoms with E-state index in [4.69, 9.17) is 9.52 Å². The van der Waals surface area contributed by atoms with Gasteiger partial charge < -0.3 is 9.52 Å². The monoisotopic (exact) mass is 250 g/mol. The molecular weight excluding hydrogens is 236 g/mol. The Morgan fingerprint density at radius 2 is 2.33 bits per heavy atom. The number of rotatable bonds is 5. The van der Waals surface area contributed by atoms with E-state index < -0.39 is 5.97 Å². The van der Waals surface area contributed by atoms with Crippen molar-refractivity contribution in [2.75, 3.05) is 0 Å². The Kier molecular flexibility index (Phi) is 3.40. The van der Waals surface area contributed by atoms with Crippen molar-refractivity contribution >= 4 is 5.97 Å². The summed E-state index contributed by atoms with van der Waals surface area (Å²) in [5, 5.41) is 16.6. The van der Waals surface area contributed by atoms with Gasteiger partial charge in [0.25, 0.3) is 0 Å². The van der Waals surface area contributed by atoms with Crippen LogP contribution in [0.25, 0.3) is 0 Å². The molecule has 0 atom stereocenters. The highest BCUT2D eigenvalue weighted by atomic mass is 16.4. The molecule has 0 radical (unpaired) electrons. The Balaban J connectivity index is 2.33. The molecule has 2 aromatic rings. The molecule has 2 aromatic heterocycles. The molecule has 96 valence electrons. The highest BCUT2D eigenvalue weighted by Crippen LogP contribution is 2.12. The summed E-state index contributed by atoms with van der Waals surface area (Å²) in [6.45, 7) is 4.15. The first-order valence-electron chi connectivity index (χ1n) is 5.68. The zero-order valence-corrected chi connectivity index (χ0v) is 10.3. The molecule has 7 heteroatoms. The van der Waals surface area contributed by atoms with E-state index in [2.05, 4.69) is 15.3 Å². The van der Waals surface area contributed by atoms with Crippen LogP contribution >= 0.6 is 0 Å². The van der Waals surface area contributed by atoms with Crippen LogP contribution < -0.4 is 0 Å². The second-order valence-corrected chi connectivity index (χ2v) is 3.95. The van der Waals surface area contributed by atoms with E-state index in [1.54, 1.807) is 11.6 Å². The summed E-state index contributed by atoms with van der Waals surface area (Å²) in [5.41, 5.74) is 1.36. The van der Waals surface area contributed by atoms with Gasteiger partial charge in [-0.25, -0.2) is 14.5 Å². The number of aromatic carboxylic acids is 1. The van der Waals surface area contributed by atoms with Crippen LogP contribution in [0.15, 0.2) is 10.8 Å². The summed E-state index contributed by atoms with van der Waals surface area (Å²) < 4.78 is 6.67. The molecule has 18 heavy (non-hydrogen) atoms. The van der Waals surface area contributed by atoms with E-state index in [0.29, 0.717) is 24.4 Å². The highest BCUT2D eigenvalue weighted by Gasteiger charge is 2.19. The molecule has 0 amide bonds. The van der Waals surface area contributed by atoms with E-state index in [9.17, 15) is 4.79 Å². The number of hydrogen-bond acceptors (Lipinski definition) is 5. The second-order valence-electron chi connectivity index (χ2n) is 3.95. The van der Waals surface area contributed by atoms with Gasteiger partial charge in [-0.15, -0.1) is 5.10 Å². The minimum absolute atomic E-state index is 0.0120. The molecule has 0 aliphatic carbocycles. The average Bonchev–Trinajstić information content (AvgIpc) is 2.89. The maximum Gasteiger partial charge on any atom is 0.358 e. The largest absolute Gasteiger partial charge is 0.476 e. The van der Waals surface area contributed by atoms with Crippen molar-refractivity contribution in [1.29, 1.82) is 0 Å². The molecule has 7 nitrogen and oxygen atoms in total. The number of carbonyl (C=O) groups is 1. The third-order valence-corrected chi connectivity index (χ3v) is 2.67. The summed E-state index contributed by atoms with van der Waals surface area (Å²) in [6.07, 6.45) is 2.80. The van der Waals surface area contributed by atoms with Crippen LogP contribution in [0, 0.1) is 6.92 Å². The standard InChI is InChI=1S/C11H14N4O3/c1-3-4-9-10(11(16)17)13-14-15(9)5-8-7(2)18-6-12-8/h6H,3-5H2,1-2H3,(H,16,17). The van der Waals surface area contributed by atoms with Crippen LogP contribution in [0.2, 0.25) is 0 Å². The predicted molar refractivity (Wildman–Crippen MR) is 61.3 cm³/mol. The normalized spacial score (nSPS) is 10.8. The SMILES string of the molecule is CCCc1c(C(=O)O)nnn1Cc1ncoc1C. The first kappa shape index (κ1) is 12.3. The summed E-state index contributed by atoms with van der Waals surface area (Å²) in [6, 6.07) is 0. The number of carboxylic acids is 1. The zero-order valence-electron chi connectivity index (χ0n) is 10.3. The Hall–Kier alpha value is -2.18. The van der Waals surface area contributed by atoms with Crippen molar-refractivity contribution in [2.24, 2.45) is 0 Å². The number of hydrogen-bond donors (Lipinski definition) is 1. The van der Waals surface area contributed by atoms with Crippen LogP contribution in [0.4, 0.5) is 0 Å². The zero-order chi connectivity index (χ0) is 13.1. The number of aromatic nitrogens is 4. The Bertz CT molecular complexity index is 558. The lowest BCUT2D eigenvalue weighted by atomic mass is 10.2. The number of aryl methyl sites for hydroxylation is 1. The molecule has 0 spiro atoms. The summed E-state index contributed by atoms with van der Waals surface area (Å²) in [5.74, 6) is -0.355. The van der Waals surface area contributed by atoms with Crippen molar-refractivity contribution in [1.82, 2.24) is 20.0 Å². The van der Waals surface area contributed by atoms with Gasteiger partial charge in [-0.3, -0.25) is 0 Å². The first-order chi connectivity index (χ1) is 8.63. The van der Waals surface area contributed by atoms with Gasteiger partial charge in [0.1, 0.15) is 11.5 Å². The maximum absolute atomic E-state index is 11.0. The fourth-order valence-electron chi connectivity index (χ4n) is 1.73. The van der Waals surface area contributed by atoms with Crippen LogP contribution in [-0.2, 0) is 13.0 Å². The molecule has 0 aliphatic rings. The average molecular weight is 250 g/mol. The first-order valence-corrected chi connectivity index (χ1v) is 5.68. The van der Waals surface area contributed by atoms with Gasteiger partial charge in [0, 0.05) is 0 Å². The van der Waals surface area contributed by atoms with Gasteiger partial charge in [-0.2, -0.15) is 0 Å². The van der Waals surface area contributed by atoms with E-state index >= 15 is 0 Å². The number of oxazole rings is 1. The topological polar surface area (TPSA) is 94.0 Å². The van der Waals surface area contributed by atoms with Crippen LogP contribution in [0.1, 0.15) is 41.0 Å². The summed E-state index contributed by atoms with van der Waals surface area (Å²) >= 11 is 0. The van der Waals surface area contributed by atoms with Gasteiger partial charge in [-0.1, -0.05) is 18.6 Å². The van der Waals surface area contributed by atoms with Gasteiger partial charge in [0.05, 0.1) is 12.2 Å². The van der Waals surface area contributed by atoms with Crippen LogP contribution in [-0.4, -0.2) is 31.1 Å². The number of nitrogens with zero attached hydrogens (tertiary/aromatic N) is 4. The fourth-order valence-corrected chi connectivity index (χ4v) is 1.73. The third kappa shape index (κ3) is 2.24. The van der Waals surface area contributed by atoms with E-state index in [-0.39, 0.29) is 5.69 Å². The van der Waals surface area contributed by atoms with Crippen LogP contribution in [0.5, 0.6) is 0 Å². The Labute approximate surface area is 103 Å². The molecule has 0 saturated carbocycles. The lowest BCUT2D eigenvalue weighted by molar-refractivity contribution is 0.0689. The summed E-state index contributed by atoms with van der Waals surface area (Å²) in [4.78, 5) is 15.1. The minimum Gasteiger partial charge on any atom is -0.476 e. The molecule has 0 bridgehead atoms. The molecular formula is C11H14N4O3. The number of carboxylic acid groups (broad SMARTS) is 1.